The number of rotatable bonds is 6. The number of anilines is 2. The van der Waals surface area contributed by atoms with E-state index in [0.29, 0.717) is 22.9 Å². The molecule has 2 aromatic carbocycles. The lowest BCUT2D eigenvalue weighted by molar-refractivity contribution is 0.00972. The van der Waals surface area contributed by atoms with Gasteiger partial charge >= 0.3 is 0 Å². The number of aliphatic hydroxyl groups is 2. The first-order valence-corrected chi connectivity index (χ1v) is 19.9. The number of benzene rings is 2. The van der Waals surface area contributed by atoms with E-state index in [1.165, 1.54) is 22.3 Å². The van der Waals surface area contributed by atoms with E-state index in [1.54, 1.807) is 26.6 Å². The van der Waals surface area contributed by atoms with Crippen LogP contribution in [0.25, 0.3) is 0 Å². The number of aromatic nitrogens is 2. The Labute approximate surface area is 332 Å². The van der Waals surface area contributed by atoms with E-state index in [0.717, 1.165) is 70.7 Å². The van der Waals surface area contributed by atoms with E-state index >= 15 is 0 Å². The van der Waals surface area contributed by atoms with E-state index < -0.39 is 12.2 Å². The van der Waals surface area contributed by atoms with E-state index in [4.69, 9.17) is 32.7 Å². The van der Waals surface area contributed by atoms with E-state index in [2.05, 4.69) is 114 Å². The standard InChI is InChI=1S/2C20H22BrClN2O2/c2*1-12-3-5-13(6-4-12)10-24-11-20(7-15(25)16(8-20)26-2)17-18(22)14(21)9-23-19(17)24/h2*3-6,9,15-16,25H,7-8,10-11H2,1-2H3/t2*15-,16-,20-/m10/s1. The van der Waals surface area contributed by atoms with Crippen LogP contribution < -0.4 is 9.80 Å². The van der Waals surface area contributed by atoms with Crippen LogP contribution in [0.4, 0.5) is 11.6 Å². The van der Waals surface area contributed by atoms with Crippen LogP contribution in [0.15, 0.2) is 69.9 Å². The molecule has 4 aliphatic rings. The highest BCUT2D eigenvalue weighted by Gasteiger charge is 2.55. The molecular formula is C40H44Br2Cl2N4O4. The Bertz CT molecular complexity index is 1800. The summed E-state index contributed by atoms with van der Waals surface area (Å²) in [5.41, 5.74) is 6.60. The normalized spacial score (nSPS) is 27.3. The van der Waals surface area contributed by atoms with Gasteiger partial charge in [-0.2, -0.15) is 0 Å². The summed E-state index contributed by atoms with van der Waals surface area (Å²) in [6, 6.07) is 17.1. The van der Waals surface area contributed by atoms with Gasteiger partial charge in [0, 0.05) is 74.7 Å². The molecule has 2 N–H and O–H groups in total. The molecule has 4 aromatic rings. The molecule has 0 bridgehead atoms. The SMILES string of the molecule is CO[C@@H]1C[C@]2(C[C@H]1O)CN(Cc1ccc(C)cc1)c1ncc(Br)c(Cl)c12.CO[C@H]1C[C@@]2(C[C@@H]1O)CN(Cc1ccc(C)cc1)c1ncc(Br)c(Cl)c12. The van der Waals surface area contributed by atoms with Crippen molar-refractivity contribution in [1.29, 1.82) is 0 Å². The topological polar surface area (TPSA) is 91.2 Å². The van der Waals surface area contributed by atoms with Crippen molar-refractivity contribution in [2.45, 2.75) is 87.9 Å². The summed E-state index contributed by atoms with van der Waals surface area (Å²) in [5.74, 6) is 1.84. The second-order valence-corrected chi connectivity index (χ2v) is 17.4. The number of methoxy groups -OCH3 is 2. The van der Waals surface area contributed by atoms with Gasteiger partial charge < -0.3 is 29.5 Å². The summed E-state index contributed by atoms with van der Waals surface area (Å²) in [4.78, 5) is 13.9. The van der Waals surface area contributed by atoms with Crippen molar-refractivity contribution in [2.75, 3.05) is 37.1 Å². The smallest absolute Gasteiger partial charge is 0.134 e. The van der Waals surface area contributed by atoms with Crippen molar-refractivity contribution in [3.05, 3.63) is 113 Å². The maximum absolute atomic E-state index is 10.5. The fourth-order valence-corrected chi connectivity index (χ4v) is 10.1. The molecule has 2 aromatic heterocycles. The number of halogens is 4. The summed E-state index contributed by atoms with van der Waals surface area (Å²) in [6.45, 7) is 7.30. The lowest BCUT2D eigenvalue weighted by Crippen LogP contribution is -2.32. The van der Waals surface area contributed by atoms with Crippen LogP contribution in [0.1, 0.15) is 59.1 Å². The van der Waals surface area contributed by atoms with Crippen molar-refractivity contribution in [2.24, 2.45) is 0 Å². The number of fused-ring (bicyclic) bond motifs is 4. The average molecular weight is 876 g/mol. The minimum absolute atomic E-state index is 0.169. The second-order valence-electron chi connectivity index (χ2n) is 15.0. The Morgan fingerprint density at radius 2 is 1.04 bits per heavy atom. The fraction of sp³-hybridized carbons (Fsp3) is 0.450. The number of hydrogen-bond acceptors (Lipinski definition) is 8. The number of aliphatic hydroxyl groups excluding tert-OH is 2. The molecule has 0 saturated heterocycles. The Kier molecular flexibility index (Phi) is 11.0. The molecule has 0 unspecified atom stereocenters. The van der Waals surface area contributed by atoms with Gasteiger partial charge in [-0.15, -0.1) is 0 Å². The van der Waals surface area contributed by atoms with E-state index in [1.807, 2.05) is 0 Å². The molecule has 12 heteroatoms. The molecular weight excluding hydrogens is 831 g/mol. The zero-order valence-corrected chi connectivity index (χ0v) is 34.4. The Morgan fingerprint density at radius 1 is 0.673 bits per heavy atom. The zero-order chi connectivity index (χ0) is 36.9. The average Bonchev–Trinajstić information content (AvgIpc) is 3.82. The van der Waals surface area contributed by atoms with Crippen LogP contribution in [0.3, 0.4) is 0 Å². The van der Waals surface area contributed by atoms with Crippen LogP contribution in [0.5, 0.6) is 0 Å². The molecule has 0 amide bonds. The van der Waals surface area contributed by atoms with E-state index in [-0.39, 0.29) is 23.0 Å². The molecule has 6 atom stereocenters. The second kappa shape index (κ2) is 15.1. The third-order valence-corrected chi connectivity index (χ3v) is 13.8. The van der Waals surface area contributed by atoms with E-state index in [9.17, 15) is 10.2 Å². The van der Waals surface area contributed by atoms with Crippen LogP contribution in [0, 0.1) is 13.8 Å². The van der Waals surface area contributed by atoms with Crippen molar-refractivity contribution >= 4 is 66.7 Å². The predicted octanol–water partition coefficient (Wildman–Crippen LogP) is 8.47. The van der Waals surface area contributed by atoms with Gasteiger partial charge in [0.1, 0.15) is 11.6 Å². The van der Waals surface area contributed by atoms with Gasteiger partial charge in [0.2, 0.25) is 0 Å². The summed E-state index contributed by atoms with van der Waals surface area (Å²) >= 11 is 20.4. The van der Waals surface area contributed by atoms with Gasteiger partial charge in [0.05, 0.1) is 43.4 Å². The molecule has 8 rings (SSSR count). The number of pyridine rings is 2. The minimum atomic E-state index is -0.484. The van der Waals surface area contributed by atoms with Crippen molar-refractivity contribution < 1.29 is 19.7 Å². The number of ether oxygens (including phenoxy) is 2. The molecule has 2 saturated carbocycles. The van der Waals surface area contributed by atoms with Crippen molar-refractivity contribution in [3.63, 3.8) is 0 Å². The lowest BCUT2D eigenvalue weighted by Gasteiger charge is -2.26. The molecule has 0 radical (unpaired) electrons. The van der Waals surface area contributed by atoms with Gasteiger partial charge in [-0.05, 0) is 82.5 Å². The maximum atomic E-state index is 10.5. The van der Waals surface area contributed by atoms with Crippen LogP contribution in [-0.4, -0.2) is 71.9 Å². The summed E-state index contributed by atoms with van der Waals surface area (Å²) in [5, 5.41) is 22.4. The highest BCUT2D eigenvalue weighted by Crippen LogP contribution is 2.55. The Hall–Kier alpha value is -2.28. The Morgan fingerprint density at radius 3 is 1.37 bits per heavy atom. The van der Waals surface area contributed by atoms with Gasteiger partial charge in [-0.25, -0.2) is 9.97 Å². The molecule has 2 spiro atoms. The van der Waals surface area contributed by atoms with Gasteiger partial charge in [0.25, 0.3) is 0 Å². The van der Waals surface area contributed by atoms with Gasteiger partial charge in [-0.3, -0.25) is 0 Å². The molecule has 2 aliphatic heterocycles. The fourth-order valence-electron chi connectivity index (χ4n) is 8.88. The lowest BCUT2D eigenvalue weighted by atomic mass is 9.81. The quantitative estimate of drug-likeness (QED) is 0.200. The van der Waals surface area contributed by atoms with Crippen LogP contribution in [0.2, 0.25) is 10.0 Å². The van der Waals surface area contributed by atoms with Gasteiger partial charge in [0.15, 0.2) is 0 Å². The van der Waals surface area contributed by atoms with Crippen LogP contribution in [-0.2, 0) is 33.4 Å². The molecule has 8 nitrogen and oxygen atoms in total. The third kappa shape index (κ3) is 7.03. The molecule has 2 aliphatic carbocycles. The molecule has 52 heavy (non-hydrogen) atoms. The predicted molar refractivity (Wildman–Crippen MR) is 214 cm³/mol. The molecule has 276 valence electrons. The zero-order valence-electron chi connectivity index (χ0n) is 29.8. The first kappa shape index (κ1) is 38.0. The summed E-state index contributed by atoms with van der Waals surface area (Å²) in [6.07, 6.45) is 5.00. The first-order valence-electron chi connectivity index (χ1n) is 17.6. The molecule has 4 heterocycles. The largest absolute Gasteiger partial charge is 0.390 e. The van der Waals surface area contributed by atoms with Crippen LogP contribution >= 0.6 is 55.1 Å². The number of aryl methyl sites for hydroxylation is 2. The van der Waals surface area contributed by atoms with Crippen molar-refractivity contribution in [3.8, 4) is 0 Å². The highest BCUT2D eigenvalue weighted by atomic mass is 79.9. The monoisotopic (exact) mass is 872 g/mol. The van der Waals surface area contributed by atoms with Crippen molar-refractivity contribution in [1.82, 2.24) is 9.97 Å². The maximum Gasteiger partial charge on any atom is 0.134 e. The third-order valence-electron chi connectivity index (χ3n) is 11.4. The number of hydrogen-bond donors (Lipinski definition) is 2. The summed E-state index contributed by atoms with van der Waals surface area (Å²) < 4.78 is 12.6. The van der Waals surface area contributed by atoms with Gasteiger partial charge in [-0.1, -0.05) is 82.9 Å². The Balaban J connectivity index is 0.000000162. The highest BCUT2D eigenvalue weighted by molar-refractivity contribution is 9.10. The summed E-state index contributed by atoms with van der Waals surface area (Å²) in [7, 11) is 3.32. The molecule has 2 fully saturated rings. The minimum Gasteiger partial charge on any atom is -0.390 e. The first-order chi connectivity index (χ1) is 24.9. The number of nitrogens with zero attached hydrogens (tertiary/aromatic N) is 4.